The van der Waals surface area contributed by atoms with Gasteiger partial charge in [0.1, 0.15) is 23.0 Å². The van der Waals surface area contributed by atoms with Crippen LogP contribution in [0.3, 0.4) is 0 Å². The van der Waals surface area contributed by atoms with Crippen molar-refractivity contribution >= 4 is 17.6 Å². The lowest BCUT2D eigenvalue weighted by molar-refractivity contribution is 0.337. The smallest absolute Gasteiger partial charge is 0.161 e. The number of methoxy groups -OCH3 is 1. The molecule has 1 aromatic heterocycles. The van der Waals surface area contributed by atoms with Crippen LogP contribution < -0.4 is 20.5 Å². The van der Waals surface area contributed by atoms with Gasteiger partial charge in [-0.25, -0.2) is 18.2 Å². The van der Waals surface area contributed by atoms with Crippen LogP contribution in [0.15, 0.2) is 41.4 Å². The van der Waals surface area contributed by atoms with Crippen LogP contribution in [0.4, 0.5) is 18.9 Å². The Morgan fingerprint density at radius 3 is 2.64 bits per heavy atom. The molecule has 3 N–H and O–H groups in total. The van der Waals surface area contributed by atoms with Crippen molar-refractivity contribution in [2.45, 2.75) is 45.1 Å². The molecule has 1 saturated carbocycles. The zero-order chi connectivity index (χ0) is 27.7. The summed E-state index contributed by atoms with van der Waals surface area (Å²) >= 11 is 0. The number of nitrogens with two attached hydrogens (primary N) is 1. The number of hydrogen-bond donors (Lipinski definition) is 2. The van der Waals surface area contributed by atoms with Gasteiger partial charge in [0.2, 0.25) is 0 Å². The molecule has 2 aromatic carbocycles. The highest BCUT2D eigenvalue weighted by atomic mass is 19.2. The summed E-state index contributed by atoms with van der Waals surface area (Å²) < 4.78 is 53.6. The number of fused-ring (bicyclic) bond motifs is 1. The van der Waals surface area contributed by atoms with Gasteiger partial charge in [0.25, 0.3) is 0 Å². The van der Waals surface area contributed by atoms with E-state index in [9.17, 15) is 13.2 Å². The molecule has 204 valence electrons. The van der Waals surface area contributed by atoms with Crippen molar-refractivity contribution in [1.29, 1.82) is 0 Å². The van der Waals surface area contributed by atoms with Crippen LogP contribution in [0.25, 0.3) is 17.0 Å². The van der Waals surface area contributed by atoms with E-state index in [4.69, 9.17) is 15.2 Å². The van der Waals surface area contributed by atoms with Gasteiger partial charge in [-0.15, -0.1) is 0 Å². The SMILES string of the molecule is CC=C(NCCc1cc2c(c(-c3cc(F)c(F)cc3F)n1)OCC2C)c1cc(C=NC2CC2)c(N)c(OC)c1. The monoisotopic (exact) mass is 536 g/mol. The van der Waals surface area contributed by atoms with Crippen molar-refractivity contribution in [3.63, 3.8) is 0 Å². The van der Waals surface area contributed by atoms with E-state index in [1.165, 1.54) is 0 Å². The van der Waals surface area contributed by atoms with Gasteiger partial charge in [-0.1, -0.05) is 13.0 Å². The molecule has 6 nitrogen and oxygen atoms in total. The van der Waals surface area contributed by atoms with Gasteiger partial charge in [-0.2, -0.15) is 0 Å². The molecule has 0 saturated heterocycles. The van der Waals surface area contributed by atoms with Crippen LogP contribution in [0.2, 0.25) is 0 Å². The third-order valence-corrected chi connectivity index (χ3v) is 6.99. The van der Waals surface area contributed by atoms with Gasteiger partial charge in [0.15, 0.2) is 11.6 Å². The summed E-state index contributed by atoms with van der Waals surface area (Å²) in [6, 6.07) is 7.53. The number of rotatable bonds is 9. The van der Waals surface area contributed by atoms with Crippen molar-refractivity contribution in [2.24, 2.45) is 4.99 Å². The third kappa shape index (κ3) is 5.57. The minimum Gasteiger partial charge on any atom is -0.495 e. The van der Waals surface area contributed by atoms with Crippen LogP contribution in [0.5, 0.6) is 11.5 Å². The number of hydrogen-bond acceptors (Lipinski definition) is 6. The first-order chi connectivity index (χ1) is 18.8. The molecule has 3 aromatic rings. The lowest BCUT2D eigenvalue weighted by Crippen LogP contribution is -2.17. The second-order valence-electron chi connectivity index (χ2n) is 9.91. The number of aromatic nitrogens is 1. The molecule has 1 atom stereocenters. The molecule has 1 fully saturated rings. The molecule has 1 aliphatic heterocycles. The van der Waals surface area contributed by atoms with Gasteiger partial charge in [-0.05, 0) is 44.0 Å². The number of nitrogen functional groups attached to an aromatic ring is 1. The zero-order valence-electron chi connectivity index (χ0n) is 22.2. The van der Waals surface area contributed by atoms with E-state index in [0.717, 1.165) is 41.3 Å². The summed E-state index contributed by atoms with van der Waals surface area (Å²) in [6.07, 6.45) is 6.46. The van der Waals surface area contributed by atoms with E-state index in [0.29, 0.717) is 54.6 Å². The van der Waals surface area contributed by atoms with Gasteiger partial charge in [0, 0.05) is 64.8 Å². The van der Waals surface area contributed by atoms with E-state index in [1.807, 2.05) is 44.3 Å². The number of halogens is 3. The van der Waals surface area contributed by atoms with E-state index in [-0.39, 0.29) is 17.2 Å². The van der Waals surface area contributed by atoms with Crippen LogP contribution in [0, 0.1) is 17.5 Å². The van der Waals surface area contributed by atoms with Crippen LogP contribution in [-0.2, 0) is 6.42 Å². The van der Waals surface area contributed by atoms with Crippen molar-refractivity contribution in [2.75, 3.05) is 26.0 Å². The number of nitrogens with one attached hydrogen (secondary N) is 1. The molecule has 5 rings (SSSR count). The first-order valence-electron chi connectivity index (χ1n) is 13.0. The molecule has 2 heterocycles. The molecule has 9 heteroatoms. The molecule has 0 radical (unpaired) electrons. The van der Waals surface area contributed by atoms with Crippen LogP contribution in [0.1, 0.15) is 55.0 Å². The highest BCUT2D eigenvalue weighted by Crippen LogP contribution is 2.42. The van der Waals surface area contributed by atoms with Crippen molar-refractivity contribution in [3.05, 3.63) is 76.2 Å². The Kier molecular flexibility index (Phi) is 7.50. The Labute approximate surface area is 225 Å². The van der Waals surface area contributed by atoms with E-state index < -0.39 is 17.5 Å². The summed E-state index contributed by atoms with van der Waals surface area (Å²) in [4.78, 5) is 9.17. The minimum absolute atomic E-state index is 0.0610. The summed E-state index contributed by atoms with van der Waals surface area (Å²) in [5, 5.41) is 3.44. The number of allylic oxidation sites excluding steroid dienone is 1. The topological polar surface area (TPSA) is 81.8 Å². The Bertz CT molecular complexity index is 1470. The van der Waals surface area contributed by atoms with E-state index in [2.05, 4.69) is 15.3 Å². The second-order valence-corrected chi connectivity index (χ2v) is 9.91. The van der Waals surface area contributed by atoms with Crippen LogP contribution in [-0.4, -0.2) is 37.5 Å². The molecule has 0 bridgehead atoms. The highest BCUT2D eigenvalue weighted by molar-refractivity contribution is 5.91. The van der Waals surface area contributed by atoms with Crippen molar-refractivity contribution in [3.8, 4) is 22.8 Å². The van der Waals surface area contributed by atoms with Gasteiger partial charge < -0.3 is 20.5 Å². The molecule has 2 aliphatic rings. The Balaban J connectivity index is 1.38. The third-order valence-electron chi connectivity index (χ3n) is 6.99. The largest absolute Gasteiger partial charge is 0.495 e. The Morgan fingerprint density at radius 2 is 1.92 bits per heavy atom. The Hall–Kier alpha value is -4.01. The number of aliphatic imine (C=N–C) groups is 1. The molecule has 0 amide bonds. The fourth-order valence-corrected chi connectivity index (χ4v) is 4.62. The average molecular weight is 537 g/mol. The summed E-state index contributed by atoms with van der Waals surface area (Å²) in [5.41, 5.74) is 11.0. The molecule has 39 heavy (non-hydrogen) atoms. The van der Waals surface area contributed by atoms with Gasteiger partial charge in [0.05, 0.1) is 25.4 Å². The number of benzene rings is 2. The van der Waals surface area contributed by atoms with E-state index >= 15 is 0 Å². The predicted octanol–water partition coefficient (Wildman–Crippen LogP) is 6.03. The number of anilines is 1. The fraction of sp³-hybridized carbons (Fsp3) is 0.333. The van der Waals surface area contributed by atoms with Crippen molar-refractivity contribution < 1.29 is 22.6 Å². The quantitative estimate of drug-likeness (QED) is 0.198. The van der Waals surface area contributed by atoms with Gasteiger partial charge in [-0.3, -0.25) is 4.99 Å². The normalized spacial score (nSPS) is 16.9. The average Bonchev–Trinajstić information content (AvgIpc) is 3.69. The number of ether oxygens (including phenoxy) is 2. The molecular weight excluding hydrogens is 505 g/mol. The lowest BCUT2D eigenvalue weighted by atomic mass is 9.99. The first kappa shape index (κ1) is 26.6. The summed E-state index contributed by atoms with van der Waals surface area (Å²) in [6.45, 7) is 4.85. The maximum atomic E-state index is 14.7. The van der Waals surface area contributed by atoms with Crippen LogP contribution >= 0.6 is 0 Å². The number of pyridine rings is 1. The standard InChI is InChI=1S/C30H31F3N4O2/c1-4-26(17-9-18(14-36-19-5-6-19)28(34)27(10-17)38-3)35-8-7-20-11-21-16(2)15-39-30(21)29(37-20)22-12-24(32)25(33)13-23(22)31/h4,9-14,16,19,35H,5-8,15,34H2,1-3H3. The van der Waals surface area contributed by atoms with Crippen molar-refractivity contribution in [1.82, 2.24) is 10.3 Å². The summed E-state index contributed by atoms with van der Waals surface area (Å²) in [7, 11) is 1.58. The second kappa shape index (κ2) is 11.0. The molecule has 1 unspecified atom stereocenters. The molecule has 0 spiro atoms. The molecular formula is C30H31F3N4O2. The predicted molar refractivity (Wildman–Crippen MR) is 147 cm³/mol. The zero-order valence-corrected chi connectivity index (χ0v) is 22.2. The van der Waals surface area contributed by atoms with Gasteiger partial charge >= 0.3 is 0 Å². The fourth-order valence-electron chi connectivity index (χ4n) is 4.62. The summed E-state index contributed by atoms with van der Waals surface area (Å²) in [5.74, 6) is -2.24. The number of nitrogens with zero attached hydrogens (tertiary/aromatic N) is 2. The minimum atomic E-state index is -1.25. The maximum absolute atomic E-state index is 14.7. The first-order valence-corrected chi connectivity index (χ1v) is 13.0. The molecule has 1 aliphatic carbocycles. The highest BCUT2D eigenvalue weighted by Gasteiger charge is 2.28. The van der Waals surface area contributed by atoms with E-state index in [1.54, 1.807) is 7.11 Å². The maximum Gasteiger partial charge on any atom is 0.161 e. The Morgan fingerprint density at radius 1 is 1.15 bits per heavy atom. The lowest BCUT2D eigenvalue weighted by Gasteiger charge is -2.16.